The molecule has 3 N–H and O–H groups in total. The molecule has 0 bridgehead atoms. The second-order valence-electron chi connectivity index (χ2n) is 8.81. The molecule has 0 spiro atoms. The Bertz CT molecular complexity index is 1710. The summed E-state index contributed by atoms with van der Waals surface area (Å²) in [7, 11) is 0. The quantitative estimate of drug-likeness (QED) is 0.366. The van der Waals surface area contributed by atoms with Crippen LogP contribution in [0.2, 0.25) is 5.02 Å². The maximum Gasteiger partial charge on any atom is 0.252 e. The van der Waals surface area contributed by atoms with Gasteiger partial charge in [-0.1, -0.05) is 18.5 Å². The number of halogens is 3. The Morgan fingerprint density at radius 2 is 1.97 bits per heavy atom. The van der Waals surface area contributed by atoms with Crippen LogP contribution in [-0.2, 0) is 0 Å². The number of aromatic amines is 1. The molecule has 186 valence electrons. The maximum atomic E-state index is 15.3. The van der Waals surface area contributed by atoms with Crippen molar-refractivity contribution in [3.8, 4) is 28.1 Å². The summed E-state index contributed by atoms with van der Waals surface area (Å²) in [6.07, 6.45) is 4.92. The third kappa shape index (κ3) is 3.76. The molecular formula is C24H18ClF2N9O. The molecule has 2 atom stereocenters. The fraction of sp³-hybridized carbons (Fsp3) is 0.167. The number of nitrogen functional groups attached to an aromatic ring is 1. The van der Waals surface area contributed by atoms with Crippen LogP contribution in [0.5, 0.6) is 0 Å². The van der Waals surface area contributed by atoms with Gasteiger partial charge in [0, 0.05) is 29.1 Å². The van der Waals surface area contributed by atoms with Crippen molar-refractivity contribution in [3.63, 3.8) is 0 Å². The molecule has 0 saturated heterocycles. The van der Waals surface area contributed by atoms with Gasteiger partial charge in [0.15, 0.2) is 17.5 Å². The highest BCUT2D eigenvalue weighted by Gasteiger charge is 2.33. The summed E-state index contributed by atoms with van der Waals surface area (Å²) in [6.45, 7) is 1.98. The predicted molar refractivity (Wildman–Crippen MR) is 131 cm³/mol. The standard InChI is InChI=1S/C24H18ClF2N9O/c1-11-4-19(24-30-9-16(32-24)13-5-15(26)23(28)29-8-13)36-18(11)6-12(7-20(36)37)21-17(35-10-31-33-34-35)3-2-14(25)22(21)27/h2-3,5-11,19H,4H2,1H3,(H2,28,29)(H,30,32)/t11-,19-/m0/s1. The summed E-state index contributed by atoms with van der Waals surface area (Å²) >= 11 is 6.09. The number of fused-ring (bicyclic) bond motifs is 1. The summed E-state index contributed by atoms with van der Waals surface area (Å²) < 4.78 is 32.2. The number of pyridine rings is 2. The Balaban J connectivity index is 1.44. The molecule has 1 aliphatic heterocycles. The number of imidazole rings is 1. The van der Waals surface area contributed by atoms with E-state index in [1.165, 1.54) is 35.4 Å². The number of anilines is 1. The normalized spacial score (nSPS) is 16.8. The lowest BCUT2D eigenvalue weighted by Crippen LogP contribution is -2.24. The van der Waals surface area contributed by atoms with E-state index in [0.29, 0.717) is 40.4 Å². The molecule has 13 heteroatoms. The molecule has 0 aliphatic carbocycles. The Labute approximate surface area is 212 Å². The largest absolute Gasteiger partial charge is 0.381 e. The highest BCUT2D eigenvalue weighted by molar-refractivity contribution is 6.31. The molecule has 6 rings (SSSR count). The van der Waals surface area contributed by atoms with Crippen molar-refractivity contribution >= 4 is 17.4 Å². The van der Waals surface area contributed by atoms with E-state index in [2.05, 4.69) is 30.5 Å². The number of nitrogens with two attached hydrogens (primary N) is 1. The first-order valence-corrected chi connectivity index (χ1v) is 11.6. The van der Waals surface area contributed by atoms with Gasteiger partial charge in [-0.3, -0.25) is 4.79 Å². The fourth-order valence-electron chi connectivity index (χ4n) is 4.78. The predicted octanol–water partition coefficient (Wildman–Crippen LogP) is 3.89. The van der Waals surface area contributed by atoms with Crippen molar-refractivity contribution in [3.05, 3.63) is 87.6 Å². The minimum absolute atomic E-state index is 0.0411. The molecule has 5 heterocycles. The van der Waals surface area contributed by atoms with Crippen molar-refractivity contribution in [1.29, 1.82) is 0 Å². The molecule has 1 aromatic carbocycles. The van der Waals surface area contributed by atoms with Crippen LogP contribution in [-0.4, -0.2) is 39.7 Å². The Morgan fingerprint density at radius 3 is 2.73 bits per heavy atom. The number of H-pyrrole nitrogens is 1. The third-order valence-corrected chi connectivity index (χ3v) is 6.83. The van der Waals surface area contributed by atoms with Crippen molar-refractivity contribution in [2.45, 2.75) is 25.3 Å². The van der Waals surface area contributed by atoms with Gasteiger partial charge in [-0.25, -0.2) is 18.7 Å². The molecule has 0 amide bonds. The summed E-state index contributed by atoms with van der Waals surface area (Å²) in [4.78, 5) is 24.9. The summed E-state index contributed by atoms with van der Waals surface area (Å²) in [5.41, 5.74) is 7.70. The maximum absolute atomic E-state index is 15.3. The monoisotopic (exact) mass is 521 g/mol. The van der Waals surface area contributed by atoms with E-state index in [1.54, 1.807) is 22.9 Å². The smallest absolute Gasteiger partial charge is 0.252 e. The van der Waals surface area contributed by atoms with E-state index < -0.39 is 17.7 Å². The van der Waals surface area contributed by atoms with E-state index in [4.69, 9.17) is 17.3 Å². The second kappa shape index (κ2) is 8.59. The first kappa shape index (κ1) is 23.0. The van der Waals surface area contributed by atoms with Crippen LogP contribution in [0.25, 0.3) is 28.1 Å². The van der Waals surface area contributed by atoms with Crippen molar-refractivity contribution in [2.75, 3.05) is 5.73 Å². The number of rotatable bonds is 4. The number of tetrazole rings is 1. The van der Waals surface area contributed by atoms with Crippen molar-refractivity contribution < 1.29 is 8.78 Å². The Hall–Kier alpha value is -4.45. The van der Waals surface area contributed by atoms with Crippen molar-refractivity contribution in [2.24, 2.45) is 0 Å². The van der Waals surface area contributed by atoms with Gasteiger partial charge in [-0.05, 0) is 52.6 Å². The lowest BCUT2D eigenvalue weighted by molar-refractivity contribution is 0.557. The SMILES string of the molecule is C[C@H]1C[C@@H](c2ncc(-c3cnc(N)c(F)c3)[nH]2)n2c1cc(-c1c(-n3cnnn3)ccc(Cl)c1F)cc2=O. The summed E-state index contributed by atoms with van der Waals surface area (Å²) in [6, 6.07) is 7.01. The van der Waals surface area contributed by atoms with Crippen LogP contribution in [0.3, 0.4) is 0 Å². The number of nitrogens with zero attached hydrogens (tertiary/aromatic N) is 7. The zero-order chi connectivity index (χ0) is 25.8. The average Bonchev–Trinajstić information content (AvgIpc) is 3.63. The van der Waals surface area contributed by atoms with E-state index in [0.717, 1.165) is 0 Å². The van der Waals surface area contributed by atoms with E-state index in [1.807, 2.05) is 6.92 Å². The molecule has 0 saturated carbocycles. The molecule has 4 aromatic heterocycles. The molecule has 0 radical (unpaired) electrons. The fourth-order valence-corrected chi connectivity index (χ4v) is 4.94. The van der Waals surface area contributed by atoms with Gasteiger partial charge >= 0.3 is 0 Å². The van der Waals surface area contributed by atoms with Gasteiger partial charge < -0.3 is 15.3 Å². The molecule has 37 heavy (non-hydrogen) atoms. The molecule has 5 aromatic rings. The van der Waals surface area contributed by atoms with Crippen LogP contribution in [0, 0.1) is 11.6 Å². The molecule has 0 fully saturated rings. The van der Waals surface area contributed by atoms with Crippen LogP contribution in [0.1, 0.15) is 36.8 Å². The minimum atomic E-state index is -0.679. The first-order chi connectivity index (χ1) is 17.8. The van der Waals surface area contributed by atoms with E-state index in [9.17, 15) is 9.18 Å². The van der Waals surface area contributed by atoms with Gasteiger partial charge in [0.1, 0.15) is 12.2 Å². The highest BCUT2D eigenvalue weighted by Crippen LogP contribution is 2.40. The van der Waals surface area contributed by atoms with Gasteiger partial charge in [0.2, 0.25) is 0 Å². The summed E-state index contributed by atoms with van der Waals surface area (Å²) in [5, 5.41) is 11.0. The van der Waals surface area contributed by atoms with E-state index in [-0.39, 0.29) is 27.9 Å². The summed E-state index contributed by atoms with van der Waals surface area (Å²) in [5.74, 6) is -1.01. The zero-order valence-corrected chi connectivity index (χ0v) is 20.0. The van der Waals surface area contributed by atoms with Crippen molar-refractivity contribution in [1.82, 2.24) is 39.7 Å². The topological polar surface area (TPSA) is 133 Å². The Kier molecular flexibility index (Phi) is 5.33. The van der Waals surface area contributed by atoms with Crippen LogP contribution >= 0.6 is 11.6 Å². The molecular weight excluding hydrogens is 504 g/mol. The van der Waals surface area contributed by atoms with Crippen LogP contribution in [0.15, 0.2) is 53.8 Å². The number of benzene rings is 1. The lowest BCUT2D eigenvalue weighted by atomic mass is 9.99. The average molecular weight is 522 g/mol. The number of nitrogens with one attached hydrogen (secondary N) is 1. The Morgan fingerprint density at radius 1 is 1.14 bits per heavy atom. The number of aromatic nitrogens is 8. The van der Waals surface area contributed by atoms with Gasteiger partial charge in [-0.15, -0.1) is 5.10 Å². The number of hydrogen-bond acceptors (Lipinski definition) is 7. The van der Waals surface area contributed by atoms with Gasteiger partial charge in [0.25, 0.3) is 5.56 Å². The molecule has 0 unspecified atom stereocenters. The van der Waals surface area contributed by atoms with E-state index >= 15 is 4.39 Å². The molecule has 10 nitrogen and oxygen atoms in total. The molecule has 1 aliphatic rings. The van der Waals surface area contributed by atoms with Crippen LogP contribution in [0.4, 0.5) is 14.6 Å². The minimum Gasteiger partial charge on any atom is -0.381 e. The number of hydrogen-bond donors (Lipinski definition) is 2. The van der Waals surface area contributed by atoms with Crippen LogP contribution < -0.4 is 11.3 Å². The second-order valence-corrected chi connectivity index (χ2v) is 9.22. The van der Waals surface area contributed by atoms with Gasteiger partial charge in [0.05, 0.1) is 28.6 Å². The van der Waals surface area contributed by atoms with Gasteiger partial charge in [-0.2, -0.15) is 4.68 Å². The third-order valence-electron chi connectivity index (χ3n) is 6.54. The lowest BCUT2D eigenvalue weighted by Gasteiger charge is -2.16. The zero-order valence-electron chi connectivity index (χ0n) is 19.2. The highest BCUT2D eigenvalue weighted by atomic mass is 35.5. The first-order valence-electron chi connectivity index (χ1n) is 11.3.